The number of nitrogens with zero attached hydrogens (tertiary/aromatic N) is 1. The molecular formula is C16H28N2O2. The average Bonchev–Trinajstić information content (AvgIpc) is 2.50. The highest BCUT2D eigenvalue weighted by Gasteiger charge is 2.13. The number of para-hydroxylation sites is 1. The van der Waals surface area contributed by atoms with Crippen LogP contribution in [0.25, 0.3) is 0 Å². The summed E-state index contributed by atoms with van der Waals surface area (Å²) < 4.78 is 5.36. The fourth-order valence-electron chi connectivity index (χ4n) is 2.29. The Morgan fingerprint density at radius 3 is 2.50 bits per heavy atom. The van der Waals surface area contributed by atoms with E-state index in [9.17, 15) is 5.11 Å². The van der Waals surface area contributed by atoms with Crippen molar-refractivity contribution in [1.82, 2.24) is 10.2 Å². The van der Waals surface area contributed by atoms with E-state index < -0.39 is 0 Å². The van der Waals surface area contributed by atoms with Crippen LogP contribution >= 0.6 is 0 Å². The summed E-state index contributed by atoms with van der Waals surface area (Å²) in [6.07, 6.45) is -0.355. The minimum absolute atomic E-state index is 0.150. The molecular weight excluding hydrogens is 252 g/mol. The van der Waals surface area contributed by atoms with Crippen LogP contribution < -0.4 is 10.1 Å². The van der Waals surface area contributed by atoms with E-state index in [-0.39, 0.29) is 12.1 Å². The molecule has 0 saturated carbocycles. The standard InChI is InChI=1S/C16H28N2O2/c1-5-18(6-2)12-14(19)11-17-13(3)15-9-7-8-10-16(15)20-4/h7-10,13-14,17,19H,5-6,11-12H2,1-4H3/t13-,14?/m0/s1. The van der Waals surface area contributed by atoms with E-state index in [0.717, 1.165) is 24.4 Å². The molecule has 0 aliphatic rings. The van der Waals surface area contributed by atoms with Gasteiger partial charge in [-0.1, -0.05) is 32.0 Å². The predicted molar refractivity (Wildman–Crippen MR) is 83.2 cm³/mol. The van der Waals surface area contributed by atoms with Crippen molar-refractivity contribution in [3.05, 3.63) is 29.8 Å². The number of rotatable bonds is 9. The third-order valence-electron chi connectivity index (χ3n) is 3.63. The summed E-state index contributed by atoms with van der Waals surface area (Å²) in [6, 6.07) is 8.12. The van der Waals surface area contributed by atoms with Gasteiger partial charge in [-0.3, -0.25) is 0 Å². The van der Waals surface area contributed by atoms with Gasteiger partial charge in [-0.15, -0.1) is 0 Å². The predicted octanol–water partition coefficient (Wildman–Crippen LogP) is 2.05. The Morgan fingerprint density at radius 2 is 1.90 bits per heavy atom. The van der Waals surface area contributed by atoms with Gasteiger partial charge in [0.15, 0.2) is 0 Å². The number of benzene rings is 1. The van der Waals surface area contributed by atoms with Gasteiger partial charge < -0.3 is 20.1 Å². The summed E-state index contributed by atoms with van der Waals surface area (Å²) in [5.74, 6) is 0.880. The molecule has 0 heterocycles. The molecule has 1 aromatic carbocycles. The number of aliphatic hydroxyl groups excluding tert-OH is 1. The minimum Gasteiger partial charge on any atom is -0.496 e. The number of methoxy groups -OCH3 is 1. The van der Waals surface area contributed by atoms with Crippen molar-refractivity contribution in [2.24, 2.45) is 0 Å². The monoisotopic (exact) mass is 280 g/mol. The lowest BCUT2D eigenvalue weighted by atomic mass is 10.1. The van der Waals surface area contributed by atoms with Crippen molar-refractivity contribution in [3.8, 4) is 5.75 Å². The zero-order chi connectivity index (χ0) is 15.0. The average molecular weight is 280 g/mol. The molecule has 114 valence electrons. The third kappa shape index (κ3) is 5.12. The van der Waals surface area contributed by atoms with Crippen LogP contribution in [0.15, 0.2) is 24.3 Å². The first-order chi connectivity index (χ1) is 9.62. The molecule has 1 aromatic rings. The largest absolute Gasteiger partial charge is 0.496 e. The van der Waals surface area contributed by atoms with Crippen molar-refractivity contribution >= 4 is 0 Å². The molecule has 0 radical (unpaired) electrons. The Morgan fingerprint density at radius 1 is 1.25 bits per heavy atom. The first-order valence-corrected chi connectivity index (χ1v) is 7.39. The summed E-state index contributed by atoms with van der Waals surface area (Å²) in [4.78, 5) is 2.22. The highest BCUT2D eigenvalue weighted by molar-refractivity contribution is 5.35. The summed E-state index contributed by atoms with van der Waals surface area (Å²) in [5.41, 5.74) is 1.12. The van der Waals surface area contributed by atoms with Crippen LogP contribution in [0.2, 0.25) is 0 Å². The van der Waals surface area contributed by atoms with Gasteiger partial charge in [0.1, 0.15) is 5.75 Å². The summed E-state index contributed by atoms with van der Waals surface area (Å²) in [5, 5.41) is 13.4. The molecule has 4 nitrogen and oxygen atoms in total. The highest BCUT2D eigenvalue weighted by Crippen LogP contribution is 2.24. The number of aliphatic hydroxyl groups is 1. The SMILES string of the molecule is CCN(CC)CC(O)CN[C@@H](C)c1ccccc1OC. The quantitative estimate of drug-likeness (QED) is 0.727. The van der Waals surface area contributed by atoms with Crippen LogP contribution in [0.4, 0.5) is 0 Å². The molecule has 0 amide bonds. The second-order valence-electron chi connectivity index (χ2n) is 5.01. The summed E-state index contributed by atoms with van der Waals surface area (Å²) in [7, 11) is 1.68. The molecule has 1 unspecified atom stereocenters. The number of ether oxygens (including phenoxy) is 1. The molecule has 1 rings (SSSR count). The maximum absolute atomic E-state index is 10.1. The fourth-order valence-corrected chi connectivity index (χ4v) is 2.29. The van der Waals surface area contributed by atoms with Gasteiger partial charge in [-0.2, -0.15) is 0 Å². The molecule has 4 heteroatoms. The van der Waals surface area contributed by atoms with Crippen molar-refractivity contribution in [2.45, 2.75) is 32.9 Å². The van der Waals surface area contributed by atoms with E-state index in [2.05, 4.69) is 31.0 Å². The number of hydrogen-bond donors (Lipinski definition) is 2. The third-order valence-corrected chi connectivity index (χ3v) is 3.63. The molecule has 0 fully saturated rings. The summed E-state index contributed by atoms with van der Waals surface area (Å²) >= 11 is 0. The van der Waals surface area contributed by atoms with Crippen LogP contribution in [0.1, 0.15) is 32.4 Å². The van der Waals surface area contributed by atoms with Crippen LogP contribution in [0, 0.1) is 0 Å². The van der Waals surface area contributed by atoms with Crippen LogP contribution in [0.3, 0.4) is 0 Å². The molecule has 0 saturated heterocycles. The minimum atomic E-state index is -0.355. The fraction of sp³-hybridized carbons (Fsp3) is 0.625. The lowest BCUT2D eigenvalue weighted by molar-refractivity contribution is 0.114. The zero-order valence-electron chi connectivity index (χ0n) is 13.1. The molecule has 2 atom stereocenters. The van der Waals surface area contributed by atoms with Gasteiger partial charge in [0.2, 0.25) is 0 Å². The van der Waals surface area contributed by atoms with E-state index in [1.165, 1.54) is 0 Å². The Kier molecular flexibility index (Phi) is 7.59. The van der Waals surface area contributed by atoms with E-state index in [0.29, 0.717) is 13.1 Å². The van der Waals surface area contributed by atoms with Gasteiger partial charge in [-0.25, -0.2) is 0 Å². The maximum atomic E-state index is 10.1. The molecule has 20 heavy (non-hydrogen) atoms. The smallest absolute Gasteiger partial charge is 0.123 e. The number of likely N-dealkylation sites (N-methyl/N-ethyl adjacent to an activating group) is 1. The molecule has 2 N–H and O–H groups in total. The Hall–Kier alpha value is -1.10. The lowest BCUT2D eigenvalue weighted by Gasteiger charge is -2.24. The van der Waals surface area contributed by atoms with Crippen LogP contribution in [-0.4, -0.2) is 49.4 Å². The van der Waals surface area contributed by atoms with Crippen molar-refractivity contribution < 1.29 is 9.84 Å². The van der Waals surface area contributed by atoms with Gasteiger partial charge in [0, 0.05) is 24.7 Å². The molecule has 0 aromatic heterocycles. The van der Waals surface area contributed by atoms with E-state index >= 15 is 0 Å². The first-order valence-electron chi connectivity index (χ1n) is 7.39. The molecule has 0 bridgehead atoms. The van der Waals surface area contributed by atoms with E-state index in [4.69, 9.17) is 4.74 Å². The second-order valence-corrected chi connectivity index (χ2v) is 5.01. The number of nitrogens with one attached hydrogen (secondary N) is 1. The van der Waals surface area contributed by atoms with Gasteiger partial charge >= 0.3 is 0 Å². The van der Waals surface area contributed by atoms with E-state index in [1.807, 2.05) is 24.3 Å². The lowest BCUT2D eigenvalue weighted by Crippen LogP contribution is -2.38. The Labute approximate surface area is 122 Å². The molecule has 0 aliphatic heterocycles. The normalized spacial score (nSPS) is 14.3. The number of hydrogen-bond acceptors (Lipinski definition) is 4. The van der Waals surface area contributed by atoms with E-state index in [1.54, 1.807) is 7.11 Å². The second kappa shape index (κ2) is 8.95. The Bertz CT molecular complexity index is 380. The summed E-state index contributed by atoms with van der Waals surface area (Å²) in [6.45, 7) is 9.53. The first kappa shape index (κ1) is 17.0. The Balaban J connectivity index is 2.48. The molecule has 0 spiro atoms. The van der Waals surface area contributed by atoms with Gasteiger partial charge in [-0.05, 0) is 26.1 Å². The molecule has 0 aliphatic carbocycles. The van der Waals surface area contributed by atoms with Crippen molar-refractivity contribution in [3.63, 3.8) is 0 Å². The van der Waals surface area contributed by atoms with Crippen molar-refractivity contribution in [1.29, 1.82) is 0 Å². The maximum Gasteiger partial charge on any atom is 0.123 e. The zero-order valence-corrected chi connectivity index (χ0v) is 13.1. The van der Waals surface area contributed by atoms with Gasteiger partial charge in [0.25, 0.3) is 0 Å². The van der Waals surface area contributed by atoms with Gasteiger partial charge in [0.05, 0.1) is 13.2 Å². The van der Waals surface area contributed by atoms with Crippen LogP contribution in [-0.2, 0) is 0 Å². The van der Waals surface area contributed by atoms with Crippen LogP contribution in [0.5, 0.6) is 5.75 Å². The van der Waals surface area contributed by atoms with Crippen molar-refractivity contribution in [2.75, 3.05) is 33.3 Å². The topological polar surface area (TPSA) is 44.7 Å². The highest BCUT2D eigenvalue weighted by atomic mass is 16.5.